The molecule has 0 unspecified atom stereocenters. The number of aliphatic hydroxyl groups is 1. The van der Waals surface area contributed by atoms with Crippen molar-refractivity contribution in [3.05, 3.63) is 23.8 Å². The van der Waals surface area contributed by atoms with Crippen LogP contribution in [0.4, 0.5) is 0 Å². The first kappa shape index (κ1) is 15.2. The highest BCUT2D eigenvalue weighted by Crippen LogP contribution is 2.37. The molecule has 0 aromatic heterocycles. The molecule has 0 saturated heterocycles. The minimum Gasteiger partial charge on any atom is -0.493 e. The Morgan fingerprint density at radius 3 is 2.40 bits per heavy atom. The van der Waals surface area contributed by atoms with Gasteiger partial charge in [0.15, 0.2) is 11.5 Å². The monoisotopic (exact) mass is 278 g/mol. The molecule has 1 aromatic rings. The van der Waals surface area contributed by atoms with Crippen molar-refractivity contribution in [3.8, 4) is 11.5 Å². The molecule has 112 valence electrons. The minimum atomic E-state index is -0.393. The predicted octanol–water partition coefficient (Wildman–Crippen LogP) is 4.10. The molecule has 1 aliphatic rings. The number of hydrogen-bond donors (Lipinski definition) is 1. The van der Waals surface area contributed by atoms with Crippen molar-refractivity contribution in [2.45, 2.75) is 58.2 Å². The van der Waals surface area contributed by atoms with Crippen molar-refractivity contribution in [3.63, 3.8) is 0 Å². The molecule has 0 heterocycles. The summed E-state index contributed by atoms with van der Waals surface area (Å²) in [6, 6.07) is 5.77. The van der Waals surface area contributed by atoms with Crippen molar-refractivity contribution in [1.29, 1.82) is 0 Å². The van der Waals surface area contributed by atoms with E-state index in [2.05, 4.69) is 0 Å². The van der Waals surface area contributed by atoms with E-state index in [9.17, 15) is 5.11 Å². The van der Waals surface area contributed by atoms with E-state index in [-0.39, 0.29) is 6.10 Å². The van der Waals surface area contributed by atoms with Gasteiger partial charge in [-0.1, -0.05) is 25.3 Å². The smallest absolute Gasteiger partial charge is 0.161 e. The van der Waals surface area contributed by atoms with E-state index in [1.807, 2.05) is 32.0 Å². The van der Waals surface area contributed by atoms with E-state index >= 15 is 0 Å². The van der Waals surface area contributed by atoms with Crippen molar-refractivity contribution >= 4 is 0 Å². The summed E-state index contributed by atoms with van der Waals surface area (Å²) < 4.78 is 11.1. The molecule has 20 heavy (non-hydrogen) atoms. The number of benzene rings is 1. The van der Waals surface area contributed by atoms with Crippen LogP contribution in [0.3, 0.4) is 0 Å². The van der Waals surface area contributed by atoms with Crippen molar-refractivity contribution in [2.75, 3.05) is 7.11 Å². The molecule has 1 fully saturated rings. The van der Waals surface area contributed by atoms with Crippen LogP contribution in [0.5, 0.6) is 11.5 Å². The largest absolute Gasteiger partial charge is 0.493 e. The summed E-state index contributed by atoms with van der Waals surface area (Å²) >= 11 is 0. The summed E-state index contributed by atoms with van der Waals surface area (Å²) in [5.41, 5.74) is 0.938. The third kappa shape index (κ3) is 3.66. The highest BCUT2D eigenvalue weighted by molar-refractivity contribution is 5.43. The van der Waals surface area contributed by atoms with Crippen LogP contribution >= 0.6 is 0 Å². The Balaban J connectivity index is 2.18. The van der Waals surface area contributed by atoms with Gasteiger partial charge >= 0.3 is 0 Å². The zero-order valence-corrected chi connectivity index (χ0v) is 12.8. The fraction of sp³-hybridized carbons (Fsp3) is 0.647. The Labute approximate surface area is 121 Å². The van der Waals surface area contributed by atoms with Gasteiger partial charge in [-0.25, -0.2) is 0 Å². The standard InChI is InChI=1S/C17H26O3/c1-12(2)20-16-11-14(9-10-15(16)19-3)17(18)13-7-5-4-6-8-13/h9-13,17-18H,4-8H2,1-3H3/t17-/m0/s1. The summed E-state index contributed by atoms with van der Waals surface area (Å²) in [6.45, 7) is 3.98. The van der Waals surface area contributed by atoms with Gasteiger partial charge in [0.2, 0.25) is 0 Å². The molecule has 0 radical (unpaired) electrons. The normalized spacial score (nSPS) is 18.1. The Morgan fingerprint density at radius 2 is 1.80 bits per heavy atom. The van der Waals surface area contributed by atoms with Crippen LogP contribution in [-0.4, -0.2) is 18.3 Å². The lowest BCUT2D eigenvalue weighted by Gasteiger charge is -2.27. The Bertz CT molecular complexity index is 422. The quantitative estimate of drug-likeness (QED) is 0.881. The highest BCUT2D eigenvalue weighted by Gasteiger charge is 2.24. The third-order valence-electron chi connectivity index (χ3n) is 3.99. The van der Waals surface area contributed by atoms with Gasteiger partial charge in [-0.05, 0) is 50.3 Å². The van der Waals surface area contributed by atoms with Gasteiger partial charge in [-0.3, -0.25) is 0 Å². The molecule has 1 saturated carbocycles. The molecule has 0 aliphatic heterocycles. The van der Waals surface area contributed by atoms with E-state index < -0.39 is 6.10 Å². The first-order valence-corrected chi connectivity index (χ1v) is 7.64. The summed E-state index contributed by atoms with van der Waals surface area (Å²) in [7, 11) is 1.64. The maximum Gasteiger partial charge on any atom is 0.161 e. The average Bonchev–Trinajstić information content (AvgIpc) is 2.46. The van der Waals surface area contributed by atoms with Gasteiger partial charge in [0.05, 0.1) is 19.3 Å². The number of methoxy groups -OCH3 is 1. The molecule has 0 amide bonds. The van der Waals surface area contributed by atoms with Gasteiger partial charge in [-0.2, -0.15) is 0 Å². The minimum absolute atomic E-state index is 0.0889. The second-order valence-electron chi connectivity index (χ2n) is 5.92. The number of ether oxygens (including phenoxy) is 2. The molecule has 1 N–H and O–H groups in total. The van der Waals surface area contributed by atoms with Gasteiger partial charge in [0.1, 0.15) is 0 Å². The first-order chi connectivity index (χ1) is 9.61. The molecule has 0 spiro atoms. The molecular weight excluding hydrogens is 252 g/mol. The Morgan fingerprint density at radius 1 is 1.10 bits per heavy atom. The van der Waals surface area contributed by atoms with E-state index in [4.69, 9.17) is 9.47 Å². The van der Waals surface area contributed by atoms with Crippen LogP contribution in [0.1, 0.15) is 57.6 Å². The van der Waals surface area contributed by atoms with E-state index in [1.165, 1.54) is 19.3 Å². The van der Waals surface area contributed by atoms with E-state index in [0.29, 0.717) is 5.92 Å². The van der Waals surface area contributed by atoms with Crippen LogP contribution in [-0.2, 0) is 0 Å². The molecule has 3 heteroatoms. The van der Waals surface area contributed by atoms with Crippen LogP contribution in [0, 0.1) is 5.92 Å². The zero-order valence-electron chi connectivity index (χ0n) is 12.8. The van der Waals surface area contributed by atoms with Crippen LogP contribution in [0.25, 0.3) is 0 Å². The number of hydrogen-bond acceptors (Lipinski definition) is 3. The lowest BCUT2D eigenvalue weighted by atomic mass is 9.83. The highest BCUT2D eigenvalue weighted by atomic mass is 16.5. The second-order valence-corrected chi connectivity index (χ2v) is 5.92. The van der Waals surface area contributed by atoms with E-state index in [1.54, 1.807) is 7.11 Å². The summed E-state index contributed by atoms with van der Waals surface area (Å²) in [4.78, 5) is 0. The van der Waals surface area contributed by atoms with Crippen molar-refractivity contribution in [1.82, 2.24) is 0 Å². The Kier molecular flexibility index (Phi) is 5.30. The van der Waals surface area contributed by atoms with Crippen LogP contribution in [0.15, 0.2) is 18.2 Å². The Hall–Kier alpha value is -1.22. The van der Waals surface area contributed by atoms with Gasteiger partial charge in [-0.15, -0.1) is 0 Å². The number of rotatable bonds is 5. The maximum absolute atomic E-state index is 10.6. The fourth-order valence-corrected chi connectivity index (χ4v) is 2.95. The summed E-state index contributed by atoms with van der Waals surface area (Å²) in [5, 5.41) is 10.6. The SMILES string of the molecule is COc1ccc([C@@H](O)C2CCCCC2)cc1OC(C)C. The lowest BCUT2D eigenvalue weighted by Crippen LogP contribution is -2.16. The zero-order chi connectivity index (χ0) is 14.5. The number of aliphatic hydroxyl groups excluding tert-OH is 1. The molecule has 1 atom stereocenters. The second kappa shape index (κ2) is 6.98. The van der Waals surface area contributed by atoms with Crippen LogP contribution in [0.2, 0.25) is 0 Å². The fourth-order valence-electron chi connectivity index (χ4n) is 2.95. The van der Waals surface area contributed by atoms with Gasteiger partial charge in [0.25, 0.3) is 0 Å². The maximum atomic E-state index is 10.6. The summed E-state index contributed by atoms with van der Waals surface area (Å²) in [6.07, 6.45) is 5.69. The topological polar surface area (TPSA) is 38.7 Å². The lowest BCUT2D eigenvalue weighted by molar-refractivity contribution is 0.0843. The molecule has 1 aliphatic carbocycles. The molecular formula is C17H26O3. The third-order valence-corrected chi connectivity index (χ3v) is 3.99. The summed E-state index contributed by atoms with van der Waals surface area (Å²) in [5.74, 6) is 1.82. The van der Waals surface area contributed by atoms with Crippen molar-refractivity contribution < 1.29 is 14.6 Å². The predicted molar refractivity (Wildman–Crippen MR) is 80.3 cm³/mol. The van der Waals surface area contributed by atoms with Crippen molar-refractivity contribution in [2.24, 2.45) is 5.92 Å². The molecule has 1 aromatic carbocycles. The van der Waals surface area contributed by atoms with Gasteiger partial charge < -0.3 is 14.6 Å². The van der Waals surface area contributed by atoms with Gasteiger partial charge in [0, 0.05) is 0 Å². The van der Waals surface area contributed by atoms with Crippen LogP contribution < -0.4 is 9.47 Å². The average molecular weight is 278 g/mol. The first-order valence-electron chi connectivity index (χ1n) is 7.64. The molecule has 3 nitrogen and oxygen atoms in total. The van der Waals surface area contributed by atoms with E-state index in [0.717, 1.165) is 29.9 Å². The molecule has 0 bridgehead atoms. The molecule has 2 rings (SSSR count).